The van der Waals surface area contributed by atoms with E-state index < -0.39 is 5.82 Å². The summed E-state index contributed by atoms with van der Waals surface area (Å²) in [4.78, 5) is 0. The summed E-state index contributed by atoms with van der Waals surface area (Å²) in [7, 11) is 0. The van der Waals surface area contributed by atoms with E-state index in [1.54, 1.807) is 6.07 Å². The molecule has 21 heavy (non-hydrogen) atoms. The van der Waals surface area contributed by atoms with Crippen molar-refractivity contribution < 1.29 is 9.13 Å². The minimum atomic E-state index is -0.475. The Bertz CT molecular complexity index is 634. The molecule has 0 amide bonds. The quantitative estimate of drug-likeness (QED) is 0.772. The molecule has 0 saturated heterocycles. The Kier molecular flexibility index (Phi) is 5.45. The molecule has 0 aromatic heterocycles. The number of ether oxygens (including phenoxy) is 1. The van der Waals surface area contributed by atoms with Crippen molar-refractivity contribution in [2.45, 2.75) is 19.9 Å². The molecule has 0 heterocycles. The van der Waals surface area contributed by atoms with E-state index in [0.29, 0.717) is 16.5 Å². The molecule has 1 unspecified atom stereocenters. The van der Waals surface area contributed by atoms with E-state index in [0.717, 1.165) is 12.1 Å². The van der Waals surface area contributed by atoms with Gasteiger partial charge in [-0.1, -0.05) is 36.2 Å². The van der Waals surface area contributed by atoms with Gasteiger partial charge in [-0.15, -0.1) is 0 Å². The monoisotopic (exact) mass is 327 g/mol. The van der Waals surface area contributed by atoms with Crippen LogP contribution in [0.3, 0.4) is 0 Å². The molecule has 0 aliphatic rings. The van der Waals surface area contributed by atoms with E-state index in [2.05, 4.69) is 5.32 Å². The van der Waals surface area contributed by atoms with Crippen molar-refractivity contribution >= 4 is 23.2 Å². The lowest BCUT2D eigenvalue weighted by molar-refractivity contribution is 0.480. The third kappa shape index (κ3) is 4.10. The lowest BCUT2D eigenvalue weighted by Gasteiger charge is -2.15. The van der Waals surface area contributed by atoms with Gasteiger partial charge in [-0.25, -0.2) is 4.39 Å². The summed E-state index contributed by atoms with van der Waals surface area (Å²) >= 11 is 12.0. The molecule has 2 nitrogen and oxygen atoms in total. The SMILES string of the molecule is CCNC(C)c1ccc(Oc2ccc(F)c(Cl)c2)cc1Cl. The topological polar surface area (TPSA) is 21.3 Å². The van der Waals surface area contributed by atoms with Gasteiger partial charge in [-0.3, -0.25) is 0 Å². The van der Waals surface area contributed by atoms with Crippen molar-refractivity contribution in [3.8, 4) is 11.5 Å². The van der Waals surface area contributed by atoms with Crippen molar-refractivity contribution in [3.05, 3.63) is 57.8 Å². The van der Waals surface area contributed by atoms with Crippen LogP contribution in [0.25, 0.3) is 0 Å². The van der Waals surface area contributed by atoms with Crippen LogP contribution in [0.2, 0.25) is 10.0 Å². The molecular formula is C16H16Cl2FNO. The van der Waals surface area contributed by atoms with E-state index in [9.17, 15) is 4.39 Å². The molecule has 5 heteroatoms. The summed E-state index contributed by atoms with van der Waals surface area (Å²) < 4.78 is 18.7. The maximum Gasteiger partial charge on any atom is 0.142 e. The molecular weight excluding hydrogens is 312 g/mol. The standard InChI is InChI=1S/C16H16Cl2FNO/c1-3-20-10(2)13-6-4-11(8-14(13)17)21-12-5-7-16(19)15(18)9-12/h4-10,20H,3H2,1-2H3. The van der Waals surface area contributed by atoms with Crippen LogP contribution >= 0.6 is 23.2 Å². The maximum absolute atomic E-state index is 13.1. The first-order chi connectivity index (χ1) is 10.0. The van der Waals surface area contributed by atoms with Gasteiger partial charge in [0.2, 0.25) is 0 Å². The van der Waals surface area contributed by atoms with E-state index in [4.69, 9.17) is 27.9 Å². The summed E-state index contributed by atoms with van der Waals surface area (Å²) in [5, 5.41) is 3.94. The van der Waals surface area contributed by atoms with Gasteiger partial charge in [0.25, 0.3) is 0 Å². The summed E-state index contributed by atoms with van der Waals surface area (Å²) in [6.07, 6.45) is 0. The highest BCUT2D eigenvalue weighted by Crippen LogP contribution is 2.31. The number of hydrogen-bond donors (Lipinski definition) is 1. The lowest BCUT2D eigenvalue weighted by Crippen LogP contribution is -2.17. The number of hydrogen-bond acceptors (Lipinski definition) is 2. The van der Waals surface area contributed by atoms with Gasteiger partial charge in [-0.05, 0) is 43.3 Å². The van der Waals surface area contributed by atoms with Crippen LogP contribution in [-0.2, 0) is 0 Å². The van der Waals surface area contributed by atoms with Crippen molar-refractivity contribution in [2.75, 3.05) is 6.54 Å². The first kappa shape index (κ1) is 16.1. The lowest BCUT2D eigenvalue weighted by atomic mass is 10.1. The van der Waals surface area contributed by atoms with E-state index in [1.807, 2.05) is 26.0 Å². The first-order valence-corrected chi connectivity index (χ1v) is 7.42. The Labute approximate surface area is 133 Å². The highest BCUT2D eigenvalue weighted by Gasteiger charge is 2.10. The fraction of sp³-hybridized carbons (Fsp3) is 0.250. The Morgan fingerprint density at radius 2 is 1.71 bits per heavy atom. The molecule has 2 rings (SSSR count). The summed E-state index contributed by atoms with van der Waals surface area (Å²) in [6.45, 7) is 4.95. The molecule has 0 bridgehead atoms. The Morgan fingerprint density at radius 1 is 1.10 bits per heavy atom. The second kappa shape index (κ2) is 7.12. The van der Waals surface area contributed by atoms with Gasteiger partial charge < -0.3 is 10.1 Å². The normalized spacial score (nSPS) is 12.2. The second-order valence-electron chi connectivity index (χ2n) is 4.64. The highest BCUT2D eigenvalue weighted by atomic mass is 35.5. The average Bonchev–Trinajstić information content (AvgIpc) is 2.43. The molecule has 0 saturated carbocycles. The van der Waals surface area contributed by atoms with Crippen LogP contribution in [0.4, 0.5) is 4.39 Å². The molecule has 1 atom stereocenters. The Hall–Kier alpha value is -1.29. The minimum Gasteiger partial charge on any atom is -0.457 e. The van der Waals surface area contributed by atoms with Crippen molar-refractivity contribution in [1.29, 1.82) is 0 Å². The van der Waals surface area contributed by atoms with Gasteiger partial charge in [0.15, 0.2) is 0 Å². The highest BCUT2D eigenvalue weighted by molar-refractivity contribution is 6.31. The van der Waals surface area contributed by atoms with Crippen molar-refractivity contribution in [2.24, 2.45) is 0 Å². The van der Waals surface area contributed by atoms with Gasteiger partial charge in [-0.2, -0.15) is 0 Å². The van der Waals surface area contributed by atoms with Crippen molar-refractivity contribution in [1.82, 2.24) is 5.32 Å². The smallest absolute Gasteiger partial charge is 0.142 e. The zero-order chi connectivity index (χ0) is 15.4. The van der Waals surface area contributed by atoms with Crippen LogP contribution in [0.5, 0.6) is 11.5 Å². The summed E-state index contributed by atoms with van der Waals surface area (Å²) in [5.41, 5.74) is 1.00. The molecule has 0 spiro atoms. The van der Waals surface area contributed by atoms with Crippen LogP contribution in [0.15, 0.2) is 36.4 Å². The first-order valence-electron chi connectivity index (χ1n) is 6.67. The van der Waals surface area contributed by atoms with Crippen LogP contribution in [0, 0.1) is 5.82 Å². The van der Waals surface area contributed by atoms with Crippen LogP contribution in [0.1, 0.15) is 25.5 Å². The molecule has 2 aromatic carbocycles. The molecule has 0 radical (unpaired) electrons. The number of nitrogens with one attached hydrogen (secondary N) is 1. The zero-order valence-corrected chi connectivity index (χ0v) is 13.3. The third-order valence-corrected chi connectivity index (χ3v) is 3.69. The van der Waals surface area contributed by atoms with Gasteiger partial charge in [0.05, 0.1) is 5.02 Å². The molecule has 0 fully saturated rings. The van der Waals surface area contributed by atoms with Crippen LogP contribution in [-0.4, -0.2) is 6.54 Å². The Balaban J connectivity index is 2.18. The van der Waals surface area contributed by atoms with E-state index in [1.165, 1.54) is 18.2 Å². The number of rotatable bonds is 5. The minimum absolute atomic E-state index is 0.0241. The number of halogens is 3. The number of benzene rings is 2. The predicted octanol–water partition coefficient (Wildman–Crippen LogP) is 5.60. The third-order valence-electron chi connectivity index (χ3n) is 3.08. The average molecular weight is 328 g/mol. The molecule has 112 valence electrons. The molecule has 1 N–H and O–H groups in total. The summed E-state index contributed by atoms with van der Waals surface area (Å²) in [5.74, 6) is 0.567. The van der Waals surface area contributed by atoms with Gasteiger partial charge in [0, 0.05) is 17.1 Å². The van der Waals surface area contributed by atoms with Gasteiger partial charge >= 0.3 is 0 Å². The molecule has 2 aromatic rings. The zero-order valence-electron chi connectivity index (χ0n) is 11.8. The van der Waals surface area contributed by atoms with Gasteiger partial charge in [0.1, 0.15) is 17.3 Å². The fourth-order valence-corrected chi connectivity index (χ4v) is 2.52. The Morgan fingerprint density at radius 3 is 2.29 bits per heavy atom. The predicted molar refractivity (Wildman–Crippen MR) is 85.0 cm³/mol. The van der Waals surface area contributed by atoms with E-state index >= 15 is 0 Å². The van der Waals surface area contributed by atoms with Crippen LogP contribution < -0.4 is 10.1 Å². The second-order valence-corrected chi connectivity index (χ2v) is 5.46. The van der Waals surface area contributed by atoms with E-state index in [-0.39, 0.29) is 11.1 Å². The fourth-order valence-electron chi connectivity index (χ4n) is 2.02. The maximum atomic E-state index is 13.1. The van der Waals surface area contributed by atoms with Crippen molar-refractivity contribution in [3.63, 3.8) is 0 Å². The molecule has 0 aliphatic heterocycles. The summed E-state index contributed by atoms with van der Waals surface area (Å²) in [6, 6.07) is 9.85. The molecule has 0 aliphatic carbocycles. The largest absolute Gasteiger partial charge is 0.457 e.